The molecular weight excluding hydrogens is 352 g/mol. The highest BCUT2D eigenvalue weighted by molar-refractivity contribution is 6.03. The lowest BCUT2D eigenvalue weighted by Gasteiger charge is -2.08. The second-order valence-corrected chi connectivity index (χ2v) is 5.76. The molecule has 1 aliphatic rings. The number of nitrogens with one attached hydrogen (secondary N) is 2. The number of carbonyl (C=O) groups excluding carboxylic acids is 1. The van der Waals surface area contributed by atoms with Gasteiger partial charge in [0.1, 0.15) is 11.4 Å². The summed E-state index contributed by atoms with van der Waals surface area (Å²) in [5, 5.41) is 2.52. The lowest BCUT2D eigenvalue weighted by atomic mass is 10.2. The molecule has 0 saturated heterocycles. The van der Waals surface area contributed by atoms with Gasteiger partial charge in [0.2, 0.25) is 6.79 Å². The fraction of sp³-hybridized carbons (Fsp3) is 0.111. The number of fused-ring (bicyclic) bond motifs is 1. The molecule has 3 heterocycles. The van der Waals surface area contributed by atoms with Gasteiger partial charge in [-0.3, -0.25) is 14.2 Å². The average molecular weight is 366 g/mol. The lowest BCUT2D eigenvalue weighted by molar-refractivity contribution is 0.102. The number of H-pyrrole nitrogens is 1. The topological polar surface area (TPSA) is 115 Å². The highest BCUT2D eigenvalue weighted by atomic mass is 16.7. The lowest BCUT2D eigenvalue weighted by Crippen LogP contribution is -2.39. The third kappa shape index (κ3) is 3.30. The predicted molar refractivity (Wildman–Crippen MR) is 95.2 cm³/mol. The van der Waals surface area contributed by atoms with Gasteiger partial charge < -0.3 is 19.8 Å². The van der Waals surface area contributed by atoms with Crippen molar-refractivity contribution in [2.24, 2.45) is 0 Å². The first kappa shape index (κ1) is 16.6. The molecule has 9 nitrogen and oxygen atoms in total. The van der Waals surface area contributed by atoms with Gasteiger partial charge in [0.15, 0.2) is 11.5 Å². The number of amides is 1. The van der Waals surface area contributed by atoms with Crippen molar-refractivity contribution < 1.29 is 14.3 Å². The van der Waals surface area contributed by atoms with E-state index in [0.29, 0.717) is 22.9 Å². The maximum Gasteiger partial charge on any atom is 0.328 e. The van der Waals surface area contributed by atoms with Crippen molar-refractivity contribution in [1.29, 1.82) is 0 Å². The number of pyridine rings is 1. The quantitative estimate of drug-likeness (QED) is 0.711. The predicted octanol–water partition coefficient (Wildman–Crippen LogP) is 0.961. The SMILES string of the molecule is O=C(Nc1ccccn1)c1c[nH]c(=O)n(Cc2ccc3c(c2)OCO3)c1=O. The van der Waals surface area contributed by atoms with Crippen LogP contribution in [0.4, 0.5) is 5.82 Å². The molecule has 1 aromatic carbocycles. The first-order valence-corrected chi connectivity index (χ1v) is 8.05. The zero-order chi connectivity index (χ0) is 18.8. The first-order chi connectivity index (χ1) is 13.1. The summed E-state index contributed by atoms with van der Waals surface area (Å²) < 4.78 is 11.5. The van der Waals surface area contributed by atoms with Crippen molar-refractivity contribution in [2.45, 2.75) is 6.54 Å². The zero-order valence-corrected chi connectivity index (χ0v) is 14.0. The smallest absolute Gasteiger partial charge is 0.328 e. The fourth-order valence-corrected chi connectivity index (χ4v) is 2.66. The van der Waals surface area contributed by atoms with Crippen LogP contribution in [0, 0.1) is 0 Å². The van der Waals surface area contributed by atoms with Crippen LogP contribution >= 0.6 is 0 Å². The van der Waals surface area contributed by atoms with E-state index < -0.39 is 17.2 Å². The summed E-state index contributed by atoms with van der Waals surface area (Å²) in [7, 11) is 0. The van der Waals surface area contributed by atoms with Crippen LogP contribution in [-0.2, 0) is 6.54 Å². The molecule has 0 radical (unpaired) electrons. The van der Waals surface area contributed by atoms with E-state index in [2.05, 4.69) is 15.3 Å². The van der Waals surface area contributed by atoms with Crippen molar-refractivity contribution in [3.05, 3.63) is 80.8 Å². The fourth-order valence-electron chi connectivity index (χ4n) is 2.66. The number of hydrogen-bond donors (Lipinski definition) is 2. The number of anilines is 1. The van der Waals surface area contributed by atoms with Gasteiger partial charge in [-0.15, -0.1) is 0 Å². The van der Waals surface area contributed by atoms with Gasteiger partial charge in [0, 0.05) is 12.4 Å². The molecule has 0 atom stereocenters. The van der Waals surface area contributed by atoms with Crippen LogP contribution in [0.1, 0.15) is 15.9 Å². The summed E-state index contributed by atoms with van der Waals surface area (Å²) in [6, 6.07) is 10.1. The third-order valence-corrected chi connectivity index (χ3v) is 3.99. The minimum absolute atomic E-state index is 0.0183. The van der Waals surface area contributed by atoms with Crippen LogP contribution < -0.4 is 26.0 Å². The van der Waals surface area contributed by atoms with Crippen molar-refractivity contribution >= 4 is 11.7 Å². The summed E-state index contributed by atoms with van der Waals surface area (Å²) in [6.45, 7) is 0.109. The largest absolute Gasteiger partial charge is 0.454 e. The molecule has 0 fully saturated rings. The Bertz CT molecular complexity index is 1120. The average Bonchev–Trinajstić information content (AvgIpc) is 3.13. The molecule has 27 heavy (non-hydrogen) atoms. The number of rotatable bonds is 4. The molecule has 4 rings (SSSR count). The molecule has 3 aromatic rings. The first-order valence-electron chi connectivity index (χ1n) is 8.05. The third-order valence-electron chi connectivity index (χ3n) is 3.99. The molecule has 0 aliphatic carbocycles. The second kappa shape index (κ2) is 6.79. The van der Waals surface area contributed by atoms with E-state index in [1.54, 1.807) is 36.4 Å². The number of carbonyl (C=O) groups is 1. The highest BCUT2D eigenvalue weighted by Gasteiger charge is 2.17. The van der Waals surface area contributed by atoms with Gasteiger partial charge in [0.05, 0.1) is 6.54 Å². The zero-order valence-electron chi connectivity index (χ0n) is 14.0. The Balaban J connectivity index is 1.64. The molecular formula is C18H14N4O5. The van der Waals surface area contributed by atoms with E-state index in [1.165, 1.54) is 6.20 Å². The summed E-state index contributed by atoms with van der Waals surface area (Å²) >= 11 is 0. The number of benzene rings is 1. The number of nitrogens with zero attached hydrogens (tertiary/aromatic N) is 2. The van der Waals surface area contributed by atoms with Crippen LogP contribution in [0.3, 0.4) is 0 Å². The standard InChI is InChI=1S/C18H14N4O5/c23-16(21-15-3-1-2-6-19-15)12-8-20-18(25)22(17(12)24)9-11-4-5-13-14(7-11)27-10-26-13/h1-8H,9-10H2,(H,20,25)(H,19,21,23). The van der Waals surface area contributed by atoms with E-state index in [1.807, 2.05) is 0 Å². The molecule has 2 aromatic heterocycles. The molecule has 0 bridgehead atoms. The van der Waals surface area contributed by atoms with E-state index in [4.69, 9.17) is 9.47 Å². The van der Waals surface area contributed by atoms with Crippen LogP contribution in [0.15, 0.2) is 58.4 Å². The van der Waals surface area contributed by atoms with Gasteiger partial charge in [-0.2, -0.15) is 0 Å². The summed E-state index contributed by atoms with van der Waals surface area (Å²) in [6.07, 6.45) is 2.61. The van der Waals surface area contributed by atoms with E-state index >= 15 is 0 Å². The Morgan fingerprint density at radius 3 is 2.85 bits per heavy atom. The molecule has 0 spiro atoms. The van der Waals surface area contributed by atoms with Crippen molar-refractivity contribution in [3.63, 3.8) is 0 Å². The Labute approximate surface area is 152 Å². The minimum atomic E-state index is -0.704. The molecule has 1 aliphatic heterocycles. The Kier molecular flexibility index (Phi) is 4.17. The second-order valence-electron chi connectivity index (χ2n) is 5.76. The number of hydrogen-bond acceptors (Lipinski definition) is 6. The van der Waals surface area contributed by atoms with Crippen LogP contribution in [0.25, 0.3) is 0 Å². The van der Waals surface area contributed by atoms with E-state index in [9.17, 15) is 14.4 Å². The minimum Gasteiger partial charge on any atom is -0.454 e. The molecule has 9 heteroatoms. The van der Waals surface area contributed by atoms with Gasteiger partial charge in [-0.05, 0) is 29.8 Å². The van der Waals surface area contributed by atoms with E-state index in [-0.39, 0.29) is 18.9 Å². The number of ether oxygens (including phenoxy) is 2. The summed E-state index contributed by atoms with van der Waals surface area (Å²) in [5.74, 6) is 0.786. The summed E-state index contributed by atoms with van der Waals surface area (Å²) in [5.41, 5.74) is -0.855. The van der Waals surface area contributed by atoms with Crippen molar-refractivity contribution in [1.82, 2.24) is 14.5 Å². The number of aromatic amines is 1. The highest BCUT2D eigenvalue weighted by Crippen LogP contribution is 2.32. The Morgan fingerprint density at radius 1 is 1.19 bits per heavy atom. The molecule has 0 unspecified atom stereocenters. The van der Waals surface area contributed by atoms with Crippen molar-refractivity contribution in [2.75, 3.05) is 12.1 Å². The maximum atomic E-state index is 12.7. The van der Waals surface area contributed by atoms with Gasteiger partial charge in [-0.1, -0.05) is 12.1 Å². The van der Waals surface area contributed by atoms with Gasteiger partial charge in [0.25, 0.3) is 11.5 Å². The van der Waals surface area contributed by atoms with Gasteiger partial charge >= 0.3 is 5.69 Å². The monoisotopic (exact) mass is 366 g/mol. The maximum absolute atomic E-state index is 12.7. The van der Waals surface area contributed by atoms with Crippen LogP contribution in [0.2, 0.25) is 0 Å². The molecule has 2 N–H and O–H groups in total. The Morgan fingerprint density at radius 2 is 2.04 bits per heavy atom. The summed E-state index contributed by atoms with van der Waals surface area (Å²) in [4.78, 5) is 43.6. The normalized spacial score (nSPS) is 12.0. The van der Waals surface area contributed by atoms with Crippen molar-refractivity contribution in [3.8, 4) is 11.5 Å². The molecule has 0 saturated carbocycles. The van der Waals surface area contributed by atoms with Gasteiger partial charge in [-0.25, -0.2) is 9.78 Å². The van der Waals surface area contributed by atoms with Crippen LogP contribution in [-0.4, -0.2) is 27.2 Å². The van der Waals surface area contributed by atoms with E-state index in [0.717, 1.165) is 10.8 Å². The Hall–Kier alpha value is -3.88. The molecule has 1 amide bonds. The molecule has 136 valence electrons. The van der Waals surface area contributed by atoms with Crippen LogP contribution in [0.5, 0.6) is 11.5 Å². The number of aromatic nitrogens is 3.